The number of ketones is 1. The summed E-state index contributed by atoms with van der Waals surface area (Å²) >= 11 is 0. The smallest absolute Gasteiger partial charge is 0.269 e. The Morgan fingerprint density at radius 1 is 1.19 bits per heavy atom. The van der Waals surface area contributed by atoms with E-state index in [2.05, 4.69) is 15.1 Å². The van der Waals surface area contributed by atoms with Crippen LogP contribution in [-0.2, 0) is 4.74 Å². The number of carbonyl (C=O) groups is 2. The number of carbonyl (C=O) groups excluding carboxylic acids is 2. The van der Waals surface area contributed by atoms with Crippen molar-refractivity contribution in [3.8, 4) is 0 Å². The largest absolute Gasteiger partial charge is 0.379 e. The third-order valence-electron chi connectivity index (χ3n) is 4.86. The standard InChI is InChI=1S/C19H20N4O3/c20-19(25)18-17-14-3-1-13(11-12(14)2-4-15(17)21-22-18)16(24)5-6-23-7-9-26-10-8-23/h1-4,11H,5-10H2,(H2,20,25)(H,21,22). The summed E-state index contributed by atoms with van der Waals surface area (Å²) in [6.07, 6.45) is 0.478. The molecule has 0 unspecified atom stereocenters. The summed E-state index contributed by atoms with van der Waals surface area (Å²) in [5, 5.41) is 9.26. The maximum absolute atomic E-state index is 12.6. The molecule has 0 radical (unpaired) electrons. The molecule has 2 aromatic carbocycles. The molecule has 0 atom stereocenters. The molecular formula is C19H20N4O3. The summed E-state index contributed by atoms with van der Waals surface area (Å²) in [5.41, 5.74) is 7.06. The highest BCUT2D eigenvalue weighted by Crippen LogP contribution is 2.27. The zero-order valence-electron chi connectivity index (χ0n) is 14.3. The molecule has 1 fully saturated rings. The lowest BCUT2D eigenvalue weighted by Gasteiger charge is -2.26. The van der Waals surface area contributed by atoms with Gasteiger partial charge in [0.1, 0.15) is 0 Å². The lowest BCUT2D eigenvalue weighted by Crippen LogP contribution is -2.37. The van der Waals surface area contributed by atoms with Crippen molar-refractivity contribution in [2.45, 2.75) is 6.42 Å². The number of nitrogens with zero attached hydrogens (tertiary/aromatic N) is 2. The second kappa shape index (κ2) is 6.86. The summed E-state index contributed by atoms with van der Waals surface area (Å²) in [6, 6.07) is 9.30. The molecule has 3 N–H and O–H groups in total. The molecule has 1 saturated heterocycles. The van der Waals surface area contributed by atoms with Crippen LogP contribution in [-0.4, -0.2) is 59.6 Å². The summed E-state index contributed by atoms with van der Waals surface area (Å²) in [6.45, 7) is 3.95. The number of morpholine rings is 1. The number of primary amides is 1. The number of H-pyrrole nitrogens is 1. The minimum atomic E-state index is -0.575. The molecule has 7 heteroatoms. The fourth-order valence-electron chi connectivity index (χ4n) is 3.43. The van der Waals surface area contributed by atoms with Crippen LogP contribution in [0.5, 0.6) is 0 Å². The number of benzene rings is 2. The number of aromatic amines is 1. The molecule has 0 saturated carbocycles. The molecule has 7 nitrogen and oxygen atoms in total. The molecule has 1 aliphatic heterocycles. The zero-order valence-corrected chi connectivity index (χ0v) is 14.3. The van der Waals surface area contributed by atoms with Crippen LogP contribution >= 0.6 is 0 Å². The van der Waals surface area contributed by atoms with Gasteiger partial charge >= 0.3 is 0 Å². The monoisotopic (exact) mass is 352 g/mol. The molecule has 134 valence electrons. The fraction of sp³-hybridized carbons (Fsp3) is 0.316. The number of rotatable bonds is 5. The average molecular weight is 352 g/mol. The van der Waals surface area contributed by atoms with Crippen molar-refractivity contribution >= 4 is 33.4 Å². The Hall–Kier alpha value is -2.77. The predicted molar refractivity (Wildman–Crippen MR) is 98.3 cm³/mol. The van der Waals surface area contributed by atoms with Crippen LogP contribution in [0.25, 0.3) is 21.7 Å². The molecule has 1 aliphatic rings. The zero-order chi connectivity index (χ0) is 18.1. The van der Waals surface area contributed by atoms with Crippen LogP contribution in [0.1, 0.15) is 27.3 Å². The van der Waals surface area contributed by atoms with E-state index in [4.69, 9.17) is 10.5 Å². The Kier molecular flexibility index (Phi) is 4.40. The second-order valence-electron chi connectivity index (χ2n) is 6.49. The van der Waals surface area contributed by atoms with Crippen molar-refractivity contribution in [3.63, 3.8) is 0 Å². The van der Waals surface area contributed by atoms with Gasteiger partial charge < -0.3 is 10.5 Å². The summed E-state index contributed by atoms with van der Waals surface area (Å²) < 4.78 is 5.33. The topological polar surface area (TPSA) is 101 Å². The van der Waals surface area contributed by atoms with Crippen molar-refractivity contribution in [2.24, 2.45) is 5.73 Å². The molecular weight excluding hydrogens is 332 g/mol. The predicted octanol–water partition coefficient (Wildman–Crippen LogP) is 1.72. The van der Waals surface area contributed by atoms with E-state index in [0.29, 0.717) is 17.4 Å². The number of fused-ring (bicyclic) bond motifs is 3. The van der Waals surface area contributed by atoms with E-state index < -0.39 is 5.91 Å². The SMILES string of the molecule is NC(=O)c1n[nH]c2ccc3cc(C(=O)CCN4CCOCC4)ccc3c12. The average Bonchev–Trinajstić information content (AvgIpc) is 3.11. The van der Waals surface area contributed by atoms with E-state index >= 15 is 0 Å². The van der Waals surface area contributed by atoms with Gasteiger partial charge in [0, 0.05) is 37.0 Å². The number of hydrogen-bond acceptors (Lipinski definition) is 5. The van der Waals surface area contributed by atoms with Crippen molar-refractivity contribution in [1.29, 1.82) is 0 Å². The first-order valence-corrected chi connectivity index (χ1v) is 8.67. The van der Waals surface area contributed by atoms with Gasteiger partial charge in [0.2, 0.25) is 0 Å². The Balaban J connectivity index is 1.60. The van der Waals surface area contributed by atoms with Gasteiger partial charge in [-0.25, -0.2) is 0 Å². The van der Waals surface area contributed by atoms with E-state index in [1.807, 2.05) is 24.3 Å². The molecule has 4 rings (SSSR count). The van der Waals surface area contributed by atoms with Crippen LogP contribution in [0, 0.1) is 0 Å². The molecule has 3 aromatic rings. The maximum atomic E-state index is 12.6. The maximum Gasteiger partial charge on any atom is 0.269 e. The van der Waals surface area contributed by atoms with Crippen LogP contribution < -0.4 is 5.73 Å². The van der Waals surface area contributed by atoms with Gasteiger partial charge in [-0.05, 0) is 22.9 Å². The van der Waals surface area contributed by atoms with Crippen molar-refractivity contribution in [3.05, 3.63) is 41.6 Å². The summed E-state index contributed by atoms with van der Waals surface area (Å²) in [7, 11) is 0. The van der Waals surface area contributed by atoms with E-state index in [1.165, 1.54) is 0 Å². The van der Waals surface area contributed by atoms with Gasteiger partial charge in [0.05, 0.1) is 18.7 Å². The van der Waals surface area contributed by atoms with Gasteiger partial charge in [0.25, 0.3) is 5.91 Å². The van der Waals surface area contributed by atoms with Gasteiger partial charge in [-0.3, -0.25) is 19.6 Å². The van der Waals surface area contributed by atoms with Crippen molar-refractivity contribution in [2.75, 3.05) is 32.8 Å². The minimum Gasteiger partial charge on any atom is -0.379 e. The molecule has 26 heavy (non-hydrogen) atoms. The highest BCUT2D eigenvalue weighted by molar-refractivity contribution is 6.16. The Bertz CT molecular complexity index is 989. The van der Waals surface area contributed by atoms with E-state index in [-0.39, 0.29) is 11.5 Å². The Morgan fingerprint density at radius 3 is 2.77 bits per heavy atom. The highest BCUT2D eigenvalue weighted by Gasteiger charge is 2.16. The highest BCUT2D eigenvalue weighted by atomic mass is 16.5. The van der Waals surface area contributed by atoms with Crippen LogP contribution in [0.15, 0.2) is 30.3 Å². The number of Topliss-reactive ketones (excluding diaryl/α,β-unsaturated/α-hetero) is 1. The molecule has 2 heterocycles. The lowest BCUT2D eigenvalue weighted by molar-refractivity contribution is 0.0370. The first kappa shape index (κ1) is 16.7. The van der Waals surface area contributed by atoms with E-state index in [1.54, 1.807) is 6.07 Å². The normalized spacial score (nSPS) is 15.5. The number of nitrogens with two attached hydrogens (primary N) is 1. The number of hydrogen-bond donors (Lipinski definition) is 2. The second-order valence-corrected chi connectivity index (χ2v) is 6.49. The Morgan fingerprint density at radius 2 is 2.00 bits per heavy atom. The first-order chi connectivity index (χ1) is 12.6. The number of ether oxygens (including phenoxy) is 1. The van der Waals surface area contributed by atoms with Crippen LogP contribution in [0.2, 0.25) is 0 Å². The van der Waals surface area contributed by atoms with Crippen molar-refractivity contribution < 1.29 is 14.3 Å². The third kappa shape index (κ3) is 3.07. The fourth-order valence-corrected chi connectivity index (χ4v) is 3.43. The lowest BCUT2D eigenvalue weighted by atomic mass is 9.99. The summed E-state index contributed by atoms with van der Waals surface area (Å²) in [4.78, 5) is 26.4. The van der Waals surface area contributed by atoms with E-state index in [9.17, 15) is 9.59 Å². The molecule has 0 spiro atoms. The quantitative estimate of drug-likeness (QED) is 0.681. The molecule has 1 aromatic heterocycles. The number of aromatic nitrogens is 2. The number of amides is 1. The van der Waals surface area contributed by atoms with Gasteiger partial charge in [-0.1, -0.05) is 18.2 Å². The van der Waals surface area contributed by atoms with Gasteiger partial charge in [-0.15, -0.1) is 0 Å². The van der Waals surface area contributed by atoms with Crippen LogP contribution in [0.3, 0.4) is 0 Å². The molecule has 0 bridgehead atoms. The third-order valence-corrected chi connectivity index (χ3v) is 4.86. The van der Waals surface area contributed by atoms with Crippen molar-refractivity contribution in [1.82, 2.24) is 15.1 Å². The van der Waals surface area contributed by atoms with Gasteiger partial charge in [0.15, 0.2) is 11.5 Å². The molecule has 0 aliphatic carbocycles. The Labute approximate surface area is 150 Å². The summed E-state index contributed by atoms with van der Waals surface area (Å²) in [5.74, 6) is -0.463. The number of nitrogens with one attached hydrogen (secondary N) is 1. The molecule has 1 amide bonds. The first-order valence-electron chi connectivity index (χ1n) is 8.67. The minimum absolute atomic E-state index is 0.112. The van der Waals surface area contributed by atoms with Crippen LogP contribution in [0.4, 0.5) is 0 Å². The van der Waals surface area contributed by atoms with Gasteiger partial charge in [-0.2, -0.15) is 5.10 Å². The van der Waals surface area contributed by atoms with E-state index in [0.717, 1.165) is 49.1 Å².